The zero-order valence-electron chi connectivity index (χ0n) is 7.67. The molecule has 70 valence electrons. The van der Waals surface area contributed by atoms with E-state index in [0.29, 0.717) is 13.0 Å². The fourth-order valence-corrected chi connectivity index (χ4v) is 0.852. The van der Waals surface area contributed by atoms with Gasteiger partial charge in [0.2, 0.25) is 0 Å². The van der Waals surface area contributed by atoms with Crippen LogP contribution in [-0.4, -0.2) is 23.8 Å². The van der Waals surface area contributed by atoms with E-state index in [2.05, 4.69) is 6.58 Å². The number of ether oxygens (including phenoxy) is 1. The van der Waals surface area contributed by atoms with Crippen LogP contribution in [0.1, 0.15) is 26.7 Å². The van der Waals surface area contributed by atoms with E-state index in [9.17, 15) is 4.79 Å². The van der Waals surface area contributed by atoms with Crippen molar-refractivity contribution in [2.24, 2.45) is 0 Å². The van der Waals surface area contributed by atoms with Crippen molar-refractivity contribution in [1.29, 1.82) is 0 Å². The largest absolute Gasteiger partial charge is 0.478 e. The summed E-state index contributed by atoms with van der Waals surface area (Å²) in [6.45, 7) is 7.95. The maximum atomic E-state index is 10.3. The van der Waals surface area contributed by atoms with Gasteiger partial charge in [0.05, 0.1) is 6.10 Å². The molecule has 3 heteroatoms. The van der Waals surface area contributed by atoms with E-state index >= 15 is 0 Å². The summed E-state index contributed by atoms with van der Waals surface area (Å²) in [5.74, 6) is -0.918. The molecule has 0 aromatic heterocycles. The summed E-state index contributed by atoms with van der Waals surface area (Å²) in [5.41, 5.74) is 0.251. The van der Waals surface area contributed by atoms with Gasteiger partial charge < -0.3 is 9.84 Å². The second-order valence-corrected chi connectivity index (χ2v) is 2.71. The summed E-state index contributed by atoms with van der Waals surface area (Å²) >= 11 is 0. The Morgan fingerprint density at radius 1 is 1.67 bits per heavy atom. The molecule has 12 heavy (non-hydrogen) atoms. The second-order valence-electron chi connectivity index (χ2n) is 2.71. The van der Waals surface area contributed by atoms with Crippen molar-refractivity contribution in [3.05, 3.63) is 12.2 Å². The maximum absolute atomic E-state index is 10.3. The molecule has 0 aliphatic rings. The zero-order chi connectivity index (χ0) is 9.56. The summed E-state index contributed by atoms with van der Waals surface area (Å²) in [4.78, 5) is 10.3. The summed E-state index contributed by atoms with van der Waals surface area (Å²) in [6.07, 6.45) is 1.33. The lowest BCUT2D eigenvalue weighted by molar-refractivity contribution is -0.132. The van der Waals surface area contributed by atoms with Gasteiger partial charge in [-0.05, 0) is 26.7 Å². The van der Waals surface area contributed by atoms with E-state index < -0.39 is 5.97 Å². The quantitative estimate of drug-likeness (QED) is 0.622. The van der Waals surface area contributed by atoms with Crippen LogP contribution in [-0.2, 0) is 9.53 Å². The summed E-state index contributed by atoms with van der Waals surface area (Å²) in [7, 11) is 0. The Morgan fingerprint density at radius 2 is 2.25 bits per heavy atom. The van der Waals surface area contributed by atoms with Crippen molar-refractivity contribution >= 4 is 5.97 Å². The van der Waals surface area contributed by atoms with Gasteiger partial charge >= 0.3 is 5.97 Å². The molecule has 0 amide bonds. The predicted molar refractivity (Wildman–Crippen MR) is 47.1 cm³/mol. The molecule has 0 aromatic rings. The highest BCUT2D eigenvalue weighted by Crippen LogP contribution is 2.07. The number of carboxylic acid groups (broad SMARTS) is 1. The molecule has 0 aliphatic heterocycles. The fraction of sp³-hybridized carbons (Fsp3) is 0.667. The molecule has 0 saturated heterocycles. The highest BCUT2D eigenvalue weighted by atomic mass is 16.5. The Bertz CT molecular complexity index is 163. The van der Waals surface area contributed by atoms with Gasteiger partial charge in [-0.1, -0.05) is 6.58 Å². The SMILES string of the molecule is C=C(CCC(C)OCC)C(=O)O. The van der Waals surface area contributed by atoms with Gasteiger partial charge in [0, 0.05) is 12.2 Å². The molecule has 0 spiro atoms. The first kappa shape index (κ1) is 11.2. The molecule has 0 rings (SSSR count). The lowest BCUT2D eigenvalue weighted by Gasteiger charge is -2.10. The molecule has 0 radical (unpaired) electrons. The summed E-state index contributed by atoms with van der Waals surface area (Å²) < 4.78 is 5.24. The smallest absolute Gasteiger partial charge is 0.330 e. The lowest BCUT2D eigenvalue weighted by Crippen LogP contribution is -2.09. The standard InChI is InChI=1S/C9H16O3/c1-4-12-8(3)6-5-7(2)9(10)11/h8H,2,4-6H2,1,3H3,(H,10,11). The van der Waals surface area contributed by atoms with Crippen LogP contribution in [0.3, 0.4) is 0 Å². The monoisotopic (exact) mass is 172 g/mol. The van der Waals surface area contributed by atoms with E-state index in [1.165, 1.54) is 0 Å². The van der Waals surface area contributed by atoms with Gasteiger partial charge in [-0.3, -0.25) is 0 Å². The first-order chi connectivity index (χ1) is 5.57. The summed E-state index contributed by atoms with van der Waals surface area (Å²) in [5, 5.41) is 8.48. The molecule has 3 nitrogen and oxygen atoms in total. The number of hydrogen-bond acceptors (Lipinski definition) is 2. The van der Waals surface area contributed by atoms with Crippen molar-refractivity contribution in [1.82, 2.24) is 0 Å². The van der Waals surface area contributed by atoms with E-state index in [0.717, 1.165) is 6.42 Å². The Balaban J connectivity index is 3.54. The summed E-state index contributed by atoms with van der Waals surface area (Å²) in [6, 6.07) is 0. The van der Waals surface area contributed by atoms with E-state index in [-0.39, 0.29) is 11.7 Å². The molecule has 0 aromatic carbocycles. The first-order valence-corrected chi connectivity index (χ1v) is 4.10. The average molecular weight is 172 g/mol. The molecule has 1 N–H and O–H groups in total. The normalized spacial score (nSPS) is 12.5. The first-order valence-electron chi connectivity index (χ1n) is 4.10. The highest BCUT2D eigenvalue weighted by molar-refractivity contribution is 5.85. The minimum atomic E-state index is -0.918. The third-order valence-electron chi connectivity index (χ3n) is 1.61. The molecule has 1 unspecified atom stereocenters. The molecular formula is C9H16O3. The lowest BCUT2D eigenvalue weighted by atomic mass is 10.1. The van der Waals surface area contributed by atoms with Gasteiger partial charge in [-0.15, -0.1) is 0 Å². The Labute approximate surface area is 73.0 Å². The van der Waals surface area contributed by atoms with Gasteiger partial charge in [0.25, 0.3) is 0 Å². The van der Waals surface area contributed by atoms with Crippen molar-refractivity contribution in [3.63, 3.8) is 0 Å². The van der Waals surface area contributed by atoms with Crippen LogP contribution in [0.4, 0.5) is 0 Å². The van der Waals surface area contributed by atoms with Crippen molar-refractivity contribution < 1.29 is 14.6 Å². The van der Waals surface area contributed by atoms with Gasteiger partial charge in [-0.2, -0.15) is 0 Å². The second kappa shape index (κ2) is 5.77. The maximum Gasteiger partial charge on any atom is 0.330 e. The molecule has 0 aliphatic carbocycles. The van der Waals surface area contributed by atoms with Crippen LogP contribution in [0.25, 0.3) is 0 Å². The highest BCUT2D eigenvalue weighted by Gasteiger charge is 2.06. The fourth-order valence-electron chi connectivity index (χ4n) is 0.852. The Morgan fingerprint density at radius 3 is 2.67 bits per heavy atom. The van der Waals surface area contributed by atoms with Gasteiger partial charge in [0.1, 0.15) is 0 Å². The minimum Gasteiger partial charge on any atom is -0.478 e. The van der Waals surface area contributed by atoms with Crippen LogP contribution in [0.2, 0.25) is 0 Å². The molecular weight excluding hydrogens is 156 g/mol. The third-order valence-corrected chi connectivity index (χ3v) is 1.61. The molecule has 0 bridgehead atoms. The van der Waals surface area contributed by atoms with E-state index in [4.69, 9.17) is 9.84 Å². The van der Waals surface area contributed by atoms with Gasteiger partial charge in [-0.25, -0.2) is 4.79 Å². The predicted octanol–water partition coefficient (Wildman–Crippen LogP) is 1.83. The number of rotatable bonds is 6. The topological polar surface area (TPSA) is 46.5 Å². The zero-order valence-corrected chi connectivity index (χ0v) is 7.67. The van der Waals surface area contributed by atoms with Crippen LogP contribution < -0.4 is 0 Å². The van der Waals surface area contributed by atoms with Crippen LogP contribution in [0.5, 0.6) is 0 Å². The number of carbonyl (C=O) groups is 1. The van der Waals surface area contributed by atoms with E-state index in [1.54, 1.807) is 0 Å². The van der Waals surface area contributed by atoms with Crippen LogP contribution >= 0.6 is 0 Å². The Hall–Kier alpha value is -0.830. The molecule has 0 fully saturated rings. The number of aliphatic carboxylic acids is 1. The molecule has 0 saturated carbocycles. The van der Waals surface area contributed by atoms with Crippen LogP contribution in [0.15, 0.2) is 12.2 Å². The van der Waals surface area contributed by atoms with Crippen LogP contribution in [0, 0.1) is 0 Å². The van der Waals surface area contributed by atoms with Crippen molar-refractivity contribution in [2.45, 2.75) is 32.8 Å². The molecule has 1 atom stereocenters. The van der Waals surface area contributed by atoms with Crippen molar-refractivity contribution in [3.8, 4) is 0 Å². The Kier molecular flexibility index (Phi) is 5.37. The number of hydrogen-bond donors (Lipinski definition) is 1. The average Bonchev–Trinajstić information content (AvgIpc) is 2.00. The van der Waals surface area contributed by atoms with Crippen molar-refractivity contribution in [2.75, 3.05) is 6.61 Å². The van der Waals surface area contributed by atoms with Gasteiger partial charge in [0.15, 0.2) is 0 Å². The van der Waals surface area contributed by atoms with E-state index in [1.807, 2.05) is 13.8 Å². The minimum absolute atomic E-state index is 0.117. The number of carboxylic acids is 1. The third kappa shape index (κ3) is 4.91. The molecule has 0 heterocycles.